The summed E-state index contributed by atoms with van der Waals surface area (Å²) in [5.74, 6) is 2.37. The van der Waals surface area contributed by atoms with Crippen LogP contribution in [0.3, 0.4) is 0 Å². The lowest BCUT2D eigenvalue weighted by atomic mass is 10.1. The summed E-state index contributed by atoms with van der Waals surface area (Å²) < 4.78 is 7.39. The number of hydrogen-bond donors (Lipinski definition) is 2. The van der Waals surface area contributed by atoms with Crippen molar-refractivity contribution >= 4 is 11.6 Å². The van der Waals surface area contributed by atoms with E-state index in [1.54, 1.807) is 13.3 Å². The van der Waals surface area contributed by atoms with Crippen LogP contribution in [0.4, 0.5) is 5.69 Å². The van der Waals surface area contributed by atoms with Crippen LogP contribution < -0.4 is 20.3 Å². The zero-order chi connectivity index (χ0) is 22.2. The van der Waals surface area contributed by atoms with Gasteiger partial charge in [0.2, 0.25) is 0 Å². The van der Waals surface area contributed by atoms with Gasteiger partial charge in [-0.3, -0.25) is 4.99 Å². The van der Waals surface area contributed by atoms with Crippen LogP contribution in [0, 0.1) is 5.92 Å². The SMILES string of the molecule is CN=C(NCCc1ccc(-n2cccn2)cc1)NCC1CCN(c2ccccc2OC)C1. The van der Waals surface area contributed by atoms with Crippen LogP contribution in [0.1, 0.15) is 12.0 Å². The van der Waals surface area contributed by atoms with Crippen molar-refractivity contribution in [1.82, 2.24) is 20.4 Å². The monoisotopic (exact) mass is 432 g/mol. The molecule has 3 aromatic rings. The number of rotatable bonds is 8. The van der Waals surface area contributed by atoms with Crippen LogP contribution >= 0.6 is 0 Å². The first-order valence-electron chi connectivity index (χ1n) is 11.2. The van der Waals surface area contributed by atoms with E-state index in [0.29, 0.717) is 5.92 Å². The number of anilines is 1. The summed E-state index contributed by atoms with van der Waals surface area (Å²) in [5.41, 5.74) is 3.54. The molecule has 168 valence electrons. The van der Waals surface area contributed by atoms with Crippen molar-refractivity contribution in [3.63, 3.8) is 0 Å². The summed E-state index contributed by atoms with van der Waals surface area (Å²) in [5, 5.41) is 11.2. The van der Waals surface area contributed by atoms with Gasteiger partial charge in [0.05, 0.1) is 18.5 Å². The molecule has 1 aliphatic heterocycles. The van der Waals surface area contributed by atoms with E-state index < -0.39 is 0 Å². The summed E-state index contributed by atoms with van der Waals surface area (Å²) >= 11 is 0. The van der Waals surface area contributed by atoms with Crippen molar-refractivity contribution in [2.24, 2.45) is 10.9 Å². The number of para-hydroxylation sites is 2. The third kappa shape index (κ3) is 5.41. The van der Waals surface area contributed by atoms with Crippen LogP contribution in [-0.2, 0) is 6.42 Å². The second-order valence-electron chi connectivity index (χ2n) is 8.02. The molecule has 1 saturated heterocycles. The third-order valence-electron chi connectivity index (χ3n) is 5.90. The molecule has 1 aliphatic rings. The largest absolute Gasteiger partial charge is 0.495 e. The van der Waals surface area contributed by atoms with E-state index in [9.17, 15) is 0 Å². The highest BCUT2D eigenvalue weighted by atomic mass is 16.5. The van der Waals surface area contributed by atoms with Crippen molar-refractivity contribution in [2.75, 3.05) is 45.2 Å². The van der Waals surface area contributed by atoms with Crippen molar-refractivity contribution in [1.29, 1.82) is 0 Å². The molecule has 1 fully saturated rings. The normalized spacial score (nSPS) is 16.2. The van der Waals surface area contributed by atoms with Crippen molar-refractivity contribution in [3.8, 4) is 11.4 Å². The van der Waals surface area contributed by atoms with E-state index in [1.807, 2.05) is 36.1 Å². The molecule has 2 N–H and O–H groups in total. The molecule has 0 radical (unpaired) electrons. The molecular formula is C25H32N6O. The van der Waals surface area contributed by atoms with Gasteiger partial charge in [0, 0.05) is 45.6 Å². The fourth-order valence-corrected chi connectivity index (χ4v) is 4.13. The summed E-state index contributed by atoms with van der Waals surface area (Å²) in [4.78, 5) is 6.79. The Morgan fingerprint density at radius 3 is 2.72 bits per heavy atom. The highest BCUT2D eigenvalue weighted by molar-refractivity contribution is 5.79. The number of aliphatic imine (C=N–C) groups is 1. The predicted molar refractivity (Wildman–Crippen MR) is 130 cm³/mol. The molecule has 0 amide bonds. The van der Waals surface area contributed by atoms with Crippen LogP contribution in [0.5, 0.6) is 5.75 Å². The number of nitrogens with one attached hydrogen (secondary N) is 2. The van der Waals surface area contributed by atoms with Gasteiger partial charge in [-0.25, -0.2) is 4.68 Å². The Bertz CT molecular complexity index is 1000. The second-order valence-corrected chi connectivity index (χ2v) is 8.02. The predicted octanol–water partition coefficient (Wildman–Crippen LogP) is 3.11. The molecule has 4 rings (SSSR count). The summed E-state index contributed by atoms with van der Waals surface area (Å²) in [6, 6.07) is 18.7. The zero-order valence-corrected chi connectivity index (χ0v) is 18.9. The van der Waals surface area contributed by atoms with Gasteiger partial charge in [-0.15, -0.1) is 0 Å². The van der Waals surface area contributed by atoms with Gasteiger partial charge in [-0.05, 0) is 54.7 Å². The molecule has 32 heavy (non-hydrogen) atoms. The molecule has 0 spiro atoms. The topological polar surface area (TPSA) is 66.7 Å². The highest BCUT2D eigenvalue weighted by Crippen LogP contribution is 2.31. The first-order chi connectivity index (χ1) is 15.8. The fraction of sp³-hybridized carbons (Fsp3) is 0.360. The van der Waals surface area contributed by atoms with Crippen LogP contribution in [0.25, 0.3) is 5.69 Å². The molecule has 0 bridgehead atoms. The second kappa shape index (κ2) is 10.7. The Balaban J connectivity index is 1.20. The number of nitrogens with zero attached hydrogens (tertiary/aromatic N) is 4. The molecule has 7 heteroatoms. The Morgan fingerprint density at radius 1 is 1.12 bits per heavy atom. The molecular weight excluding hydrogens is 400 g/mol. The van der Waals surface area contributed by atoms with Gasteiger partial charge in [0.1, 0.15) is 5.75 Å². The standard InChI is InChI=1S/C25H32N6O/c1-26-25(27-15-12-20-8-10-22(11-9-20)31-16-5-14-29-31)28-18-21-13-17-30(19-21)23-6-3-4-7-24(23)32-2/h3-11,14,16,21H,12-13,15,17-19H2,1-2H3,(H2,26,27,28). The van der Waals surface area contributed by atoms with Crippen LogP contribution in [0.2, 0.25) is 0 Å². The molecule has 1 aromatic heterocycles. The summed E-state index contributed by atoms with van der Waals surface area (Å²) in [7, 11) is 3.56. The van der Waals surface area contributed by atoms with Gasteiger partial charge < -0.3 is 20.3 Å². The van der Waals surface area contributed by atoms with Crippen molar-refractivity contribution in [2.45, 2.75) is 12.8 Å². The van der Waals surface area contributed by atoms with E-state index in [2.05, 4.69) is 62.0 Å². The molecule has 0 saturated carbocycles. The minimum absolute atomic E-state index is 0.577. The molecule has 1 atom stereocenters. The highest BCUT2D eigenvalue weighted by Gasteiger charge is 2.24. The Kier molecular flexibility index (Phi) is 7.27. The maximum absolute atomic E-state index is 5.52. The van der Waals surface area contributed by atoms with E-state index >= 15 is 0 Å². The van der Waals surface area contributed by atoms with Gasteiger partial charge in [-0.2, -0.15) is 5.10 Å². The van der Waals surface area contributed by atoms with E-state index in [4.69, 9.17) is 4.74 Å². The average molecular weight is 433 g/mol. The number of ether oxygens (including phenoxy) is 1. The number of hydrogen-bond acceptors (Lipinski definition) is 4. The average Bonchev–Trinajstić information content (AvgIpc) is 3.54. The van der Waals surface area contributed by atoms with E-state index in [1.165, 1.54) is 11.3 Å². The van der Waals surface area contributed by atoms with E-state index in [-0.39, 0.29) is 0 Å². The van der Waals surface area contributed by atoms with Gasteiger partial charge in [0.15, 0.2) is 5.96 Å². The maximum atomic E-state index is 5.52. The Labute approximate surface area is 190 Å². The smallest absolute Gasteiger partial charge is 0.190 e. The van der Waals surface area contributed by atoms with Crippen LogP contribution in [-0.4, -0.2) is 56.1 Å². The van der Waals surface area contributed by atoms with Gasteiger partial charge in [0.25, 0.3) is 0 Å². The first-order valence-corrected chi connectivity index (χ1v) is 11.2. The number of aromatic nitrogens is 2. The number of guanidine groups is 1. The summed E-state index contributed by atoms with van der Waals surface area (Å²) in [6.45, 7) is 3.81. The Hall–Kier alpha value is -3.48. The lowest BCUT2D eigenvalue weighted by molar-refractivity contribution is 0.414. The quantitative estimate of drug-likeness (QED) is 0.423. The minimum Gasteiger partial charge on any atom is -0.495 e. The molecule has 7 nitrogen and oxygen atoms in total. The zero-order valence-electron chi connectivity index (χ0n) is 18.9. The van der Waals surface area contributed by atoms with Crippen molar-refractivity contribution in [3.05, 3.63) is 72.6 Å². The number of methoxy groups -OCH3 is 1. The number of benzene rings is 2. The van der Waals surface area contributed by atoms with Crippen LogP contribution in [0.15, 0.2) is 72.0 Å². The van der Waals surface area contributed by atoms with Gasteiger partial charge in [-0.1, -0.05) is 24.3 Å². The Morgan fingerprint density at radius 2 is 1.97 bits per heavy atom. The van der Waals surface area contributed by atoms with Crippen molar-refractivity contribution < 1.29 is 4.74 Å². The maximum Gasteiger partial charge on any atom is 0.190 e. The third-order valence-corrected chi connectivity index (χ3v) is 5.90. The lowest BCUT2D eigenvalue weighted by Crippen LogP contribution is -2.41. The minimum atomic E-state index is 0.577. The molecule has 0 aliphatic carbocycles. The fourth-order valence-electron chi connectivity index (χ4n) is 4.13. The summed E-state index contributed by atoms with van der Waals surface area (Å²) in [6.07, 6.45) is 5.83. The lowest BCUT2D eigenvalue weighted by Gasteiger charge is -2.21. The molecule has 2 heterocycles. The van der Waals surface area contributed by atoms with Gasteiger partial charge >= 0.3 is 0 Å². The van der Waals surface area contributed by atoms with E-state index in [0.717, 1.165) is 56.4 Å². The first kappa shape index (κ1) is 21.7. The molecule has 2 aromatic carbocycles. The molecule has 1 unspecified atom stereocenters.